The molecule has 2 aromatic rings. The summed E-state index contributed by atoms with van der Waals surface area (Å²) in [7, 11) is 0. The molecule has 1 aromatic heterocycles. The van der Waals surface area contributed by atoms with Crippen LogP contribution in [0.25, 0.3) is 5.69 Å². The fraction of sp³-hybridized carbons (Fsp3) is 0.111. The summed E-state index contributed by atoms with van der Waals surface area (Å²) in [6.45, 7) is 2.00. The Kier molecular flexibility index (Phi) is 1.63. The third kappa shape index (κ3) is 1.09. The quantitative estimate of drug-likeness (QED) is 0.627. The Bertz CT molecular complexity index is 365. The first-order chi connectivity index (χ1) is 5.88. The standard InChI is InChI=1S/C9H8N3/c1-8-4-2-3-5-9(8)12-7-6-10-11-12/h2-3,5-7H,1H3. The van der Waals surface area contributed by atoms with Crippen molar-refractivity contribution in [2.24, 2.45) is 0 Å². The number of hydrogen-bond acceptors (Lipinski definition) is 2. The first kappa shape index (κ1) is 7.03. The Morgan fingerprint density at radius 3 is 3.08 bits per heavy atom. The van der Waals surface area contributed by atoms with E-state index in [9.17, 15) is 0 Å². The molecule has 0 aliphatic heterocycles. The van der Waals surface area contributed by atoms with Crippen LogP contribution in [0.3, 0.4) is 0 Å². The van der Waals surface area contributed by atoms with Gasteiger partial charge in [0, 0.05) is 0 Å². The van der Waals surface area contributed by atoms with Gasteiger partial charge < -0.3 is 0 Å². The number of hydrogen-bond donors (Lipinski definition) is 0. The lowest BCUT2D eigenvalue weighted by atomic mass is 10.2. The van der Waals surface area contributed by atoms with E-state index in [1.807, 2.05) is 31.3 Å². The normalized spacial score (nSPS) is 10.1. The SMILES string of the molecule is Cc1[c]cccc1-n1ccnn1. The van der Waals surface area contributed by atoms with Gasteiger partial charge in [0.1, 0.15) is 0 Å². The molecule has 0 atom stereocenters. The number of aryl methyl sites for hydroxylation is 1. The molecule has 1 heterocycles. The number of rotatable bonds is 1. The maximum absolute atomic E-state index is 3.89. The number of aromatic nitrogens is 3. The summed E-state index contributed by atoms with van der Waals surface area (Å²) in [5.41, 5.74) is 2.10. The summed E-state index contributed by atoms with van der Waals surface area (Å²) >= 11 is 0. The molecule has 12 heavy (non-hydrogen) atoms. The number of benzene rings is 1. The van der Waals surface area contributed by atoms with Crippen LogP contribution >= 0.6 is 0 Å². The minimum absolute atomic E-state index is 1.02. The Labute approximate surface area is 70.6 Å². The second kappa shape index (κ2) is 2.77. The lowest BCUT2D eigenvalue weighted by Gasteiger charge is -2.02. The molecule has 0 bridgehead atoms. The van der Waals surface area contributed by atoms with Gasteiger partial charge in [-0.05, 0) is 24.6 Å². The van der Waals surface area contributed by atoms with Crippen LogP contribution in [0.4, 0.5) is 0 Å². The molecule has 0 saturated heterocycles. The highest BCUT2D eigenvalue weighted by atomic mass is 15.4. The molecule has 1 aromatic carbocycles. The van der Waals surface area contributed by atoms with Crippen LogP contribution in [0.1, 0.15) is 5.56 Å². The predicted octanol–water partition coefficient (Wildman–Crippen LogP) is 1.38. The van der Waals surface area contributed by atoms with Gasteiger partial charge in [-0.2, -0.15) is 0 Å². The van der Waals surface area contributed by atoms with E-state index < -0.39 is 0 Å². The van der Waals surface area contributed by atoms with Crippen LogP contribution in [0.2, 0.25) is 0 Å². The van der Waals surface area contributed by atoms with Crippen molar-refractivity contribution in [2.75, 3.05) is 0 Å². The molecule has 2 rings (SSSR count). The summed E-state index contributed by atoms with van der Waals surface area (Å²) in [5.74, 6) is 0. The molecule has 0 N–H and O–H groups in total. The third-order valence-corrected chi connectivity index (χ3v) is 1.70. The second-order valence-corrected chi connectivity index (χ2v) is 2.53. The lowest BCUT2D eigenvalue weighted by Crippen LogP contribution is -1.97. The van der Waals surface area contributed by atoms with Crippen molar-refractivity contribution in [1.29, 1.82) is 0 Å². The first-order valence-electron chi connectivity index (χ1n) is 3.72. The van der Waals surface area contributed by atoms with E-state index in [2.05, 4.69) is 16.4 Å². The fourth-order valence-corrected chi connectivity index (χ4v) is 1.10. The topological polar surface area (TPSA) is 30.7 Å². The molecular weight excluding hydrogens is 150 g/mol. The molecule has 0 aliphatic rings. The van der Waals surface area contributed by atoms with Gasteiger partial charge in [0.15, 0.2) is 0 Å². The van der Waals surface area contributed by atoms with Crippen LogP contribution in [-0.4, -0.2) is 15.0 Å². The molecule has 0 saturated carbocycles. The maximum atomic E-state index is 3.89. The van der Waals surface area contributed by atoms with Crippen molar-refractivity contribution in [2.45, 2.75) is 6.92 Å². The van der Waals surface area contributed by atoms with Gasteiger partial charge in [-0.1, -0.05) is 17.3 Å². The zero-order chi connectivity index (χ0) is 8.39. The van der Waals surface area contributed by atoms with Crippen molar-refractivity contribution in [3.8, 4) is 5.69 Å². The minimum Gasteiger partial charge on any atom is -0.220 e. The van der Waals surface area contributed by atoms with E-state index >= 15 is 0 Å². The summed E-state index contributed by atoms with van der Waals surface area (Å²) in [5, 5.41) is 7.63. The predicted molar refractivity (Wildman–Crippen MR) is 44.9 cm³/mol. The zero-order valence-corrected chi connectivity index (χ0v) is 6.73. The van der Waals surface area contributed by atoms with Crippen LogP contribution in [0.15, 0.2) is 30.6 Å². The summed E-state index contributed by atoms with van der Waals surface area (Å²) < 4.78 is 1.73. The van der Waals surface area contributed by atoms with Crippen LogP contribution in [-0.2, 0) is 0 Å². The highest BCUT2D eigenvalue weighted by Gasteiger charge is 1.98. The van der Waals surface area contributed by atoms with Crippen molar-refractivity contribution in [3.63, 3.8) is 0 Å². The smallest absolute Gasteiger partial charge is 0.0698 e. The maximum Gasteiger partial charge on any atom is 0.0698 e. The van der Waals surface area contributed by atoms with Gasteiger partial charge in [0.2, 0.25) is 0 Å². The molecule has 0 amide bonds. The van der Waals surface area contributed by atoms with Gasteiger partial charge >= 0.3 is 0 Å². The van der Waals surface area contributed by atoms with E-state index in [4.69, 9.17) is 0 Å². The lowest BCUT2D eigenvalue weighted by molar-refractivity contribution is 0.798. The van der Waals surface area contributed by atoms with Crippen LogP contribution in [0, 0.1) is 13.0 Å². The average Bonchev–Trinajstić information content (AvgIpc) is 2.57. The zero-order valence-electron chi connectivity index (χ0n) is 6.73. The molecule has 59 valence electrons. The van der Waals surface area contributed by atoms with Gasteiger partial charge in [-0.25, -0.2) is 4.68 Å². The summed E-state index contributed by atoms with van der Waals surface area (Å²) in [4.78, 5) is 0. The molecule has 1 radical (unpaired) electrons. The monoisotopic (exact) mass is 158 g/mol. The van der Waals surface area contributed by atoms with Crippen LogP contribution in [0.5, 0.6) is 0 Å². The highest BCUT2D eigenvalue weighted by molar-refractivity contribution is 5.37. The minimum atomic E-state index is 1.02. The fourth-order valence-electron chi connectivity index (χ4n) is 1.10. The summed E-state index contributed by atoms with van der Waals surface area (Å²) in [6.07, 6.45) is 3.47. The number of nitrogens with zero attached hydrogens (tertiary/aromatic N) is 3. The Balaban J connectivity index is 2.55. The molecule has 0 aliphatic carbocycles. The van der Waals surface area contributed by atoms with Crippen molar-refractivity contribution < 1.29 is 0 Å². The van der Waals surface area contributed by atoms with E-state index in [0.717, 1.165) is 11.3 Å². The van der Waals surface area contributed by atoms with Gasteiger partial charge in [0.05, 0.1) is 18.1 Å². The van der Waals surface area contributed by atoms with Gasteiger partial charge in [-0.15, -0.1) is 5.10 Å². The summed E-state index contributed by atoms with van der Waals surface area (Å²) in [6, 6.07) is 8.91. The van der Waals surface area contributed by atoms with E-state index in [1.165, 1.54) is 0 Å². The molecule has 0 unspecified atom stereocenters. The van der Waals surface area contributed by atoms with Gasteiger partial charge in [0.25, 0.3) is 0 Å². The molecule has 0 spiro atoms. The first-order valence-corrected chi connectivity index (χ1v) is 3.72. The van der Waals surface area contributed by atoms with E-state index in [1.54, 1.807) is 10.9 Å². The van der Waals surface area contributed by atoms with Gasteiger partial charge in [-0.3, -0.25) is 0 Å². The Morgan fingerprint density at radius 2 is 2.42 bits per heavy atom. The largest absolute Gasteiger partial charge is 0.220 e. The Hall–Kier alpha value is -1.64. The van der Waals surface area contributed by atoms with Crippen molar-refractivity contribution in [1.82, 2.24) is 15.0 Å². The Morgan fingerprint density at radius 1 is 1.50 bits per heavy atom. The molecular formula is C9H8N3. The molecule has 0 fully saturated rings. The second-order valence-electron chi connectivity index (χ2n) is 2.53. The van der Waals surface area contributed by atoms with E-state index in [-0.39, 0.29) is 0 Å². The van der Waals surface area contributed by atoms with Crippen molar-refractivity contribution in [3.05, 3.63) is 42.2 Å². The molecule has 3 nitrogen and oxygen atoms in total. The third-order valence-electron chi connectivity index (χ3n) is 1.70. The highest BCUT2D eigenvalue weighted by Crippen LogP contribution is 2.09. The average molecular weight is 158 g/mol. The van der Waals surface area contributed by atoms with Crippen LogP contribution < -0.4 is 0 Å². The molecule has 3 heteroatoms. The van der Waals surface area contributed by atoms with Crippen molar-refractivity contribution >= 4 is 0 Å². The van der Waals surface area contributed by atoms with E-state index in [0.29, 0.717) is 0 Å².